The molecule has 1 saturated carbocycles. The zero-order valence-electron chi connectivity index (χ0n) is 21.9. The number of para-hydroxylation sites is 1. The summed E-state index contributed by atoms with van der Waals surface area (Å²) in [5.41, 5.74) is 0.698. The average Bonchev–Trinajstić information content (AvgIpc) is 3.35. The molecule has 5 aromatic rings. The summed E-state index contributed by atoms with van der Waals surface area (Å²) < 4.78 is 34.7. The number of amides is 1. The van der Waals surface area contributed by atoms with Gasteiger partial charge in [-0.1, -0.05) is 25.1 Å². The molecular formula is C30H25F2N5O4. The third kappa shape index (κ3) is 5.03. The standard InChI is InChI=1S/C30H25F2N5O4/c1-30(9-10-30)29(40)37(16-38)25-14-23-17(11-22(25)32)12-24(35-23)27(39)20-15-33-36-28(20)34-18-5-4-6-19(13-18)41-26-8-3-2-7-21(26)31/h2-8,11-15,35,38H,9-10,16H2,1H3,(H2,33,34,36). The molecule has 4 N–H and O–H groups in total. The zero-order chi connectivity index (χ0) is 28.7. The van der Waals surface area contributed by atoms with Gasteiger partial charge in [0.25, 0.3) is 0 Å². The SMILES string of the molecule is CC1(C(=O)N(CO)c2cc3[nH]c(C(=O)c4cn[nH]c4Nc4cccc(Oc5ccccc5F)c4)cc3cc2F)CC1. The number of aliphatic hydroxyl groups is 1. The number of aromatic amines is 2. The molecule has 3 aromatic carbocycles. The largest absolute Gasteiger partial charge is 0.454 e. The second-order valence-corrected chi connectivity index (χ2v) is 10.2. The number of ketones is 1. The number of carbonyl (C=O) groups is 2. The Hall–Kier alpha value is -5.03. The van der Waals surface area contributed by atoms with E-state index in [1.165, 1.54) is 36.5 Å². The highest BCUT2D eigenvalue weighted by molar-refractivity contribution is 6.13. The van der Waals surface area contributed by atoms with Crippen molar-refractivity contribution in [1.82, 2.24) is 15.2 Å². The van der Waals surface area contributed by atoms with Gasteiger partial charge in [0.1, 0.15) is 24.1 Å². The highest BCUT2D eigenvalue weighted by Gasteiger charge is 2.47. The van der Waals surface area contributed by atoms with Crippen molar-refractivity contribution in [3.05, 3.63) is 95.8 Å². The Morgan fingerprint density at radius 2 is 1.88 bits per heavy atom. The Morgan fingerprint density at radius 1 is 1.07 bits per heavy atom. The maximum Gasteiger partial charge on any atom is 0.234 e. The molecule has 0 unspecified atom stereocenters. The van der Waals surface area contributed by atoms with Gasteiger partial charge in [-0.25, -0.2) is 8.78 Å². The molecule has 0 spiro atoms. The van der Waals surface area contributed by atoms with Crippen LogP contribution in [-0.4, -0.2) is 38.7 Å². The number of hydrogen-bond acceptors (Lipinski definition) is 6. The Morgan fingerprint density at radius 3 is 2.63 bits per heavy atom. The first-order valence-electron chi connectivity index (χ1n) is 12.9. The summed E-state index contributed by atoms with van der Waals surface area (Å²) in [6, 6.07) is 17.0. The van der Waals surface area contributed by atoms with Crippen molar-refractivity contribution in [2.24, 2.45) is 5.41 Å². The molecular weight excluding hydrogens is 532 g/mol. The lowest BCUT2D eigenvalue weighted by molar-refractivity contribution is -0.123. The number of rotatable bonds is 9. The van der Waals surface area contributed by atoms with Crippen LogP contribution in [0, 0.1) is 17.0 Å². The van der Waals surface area contributed by atoms with Crippen molar-refractivity contribution < 1.29 is 28.2 Å². The minimum atomic E-state index is -0.690. The quantitative estimate of drug-likeness (QED) is 0.130. The van der Waals surface area contributed by atoms with Crippen molar-refractivity contribution in [1.29, 1.82) is 0 Å². The summed E-state index contributed by atoms with van der Waals surface area (Å²) in [6.07, 6.45) is 2.72. The smallest absolute Gasteiger partial charge is 0.234 e. The number of fused-ring (bicyclic) bond motifs is 1. The van der Waals surface area contributed by atoms with E-state index in [1.54, 1.807) is 43.3 Å². The summed E-state index contributed by atoms with van der Waals surface area (Å²) in [6.45, 7) is 1.11. The van der Waals surface area contributed by atoms with Gasteiger partial charge in [0, 0.05) is 28.1 Å². The summed E-state index contributed by atoms with van der Waals surface area (Å²) in [4.78, 5) is 30.3. The minimum absolute atomic E-state index is 0.0675. The fourth-order valence-electron chi connectivity index (χ4n) is 4.58. The van der Waals surface area contributed by atoms with Crippen LogP contribution in [0.3, 0.4) is 0 Å². The van der Waals surface area contributed by atoms with Gasteiger partial charge in [0.2, 0.25) is 11.7 Å². The van der Waals surface area contributed by atoms with Crippen LogP contribution in [0.5, 0.6) is 11.5 Å². The van der Waals surface area contributed by atoms with E-state index in [-0.39, 0.29) is 28.6 Å². The van der Waals surface area contributed by atoms with Gasteiger partial charge in [0.15, 0.2) is 11.6 Å². The second-order valence-electron chi connectivity index (χ2n) is 10.2. The average molecular weight is 558 g/mol. The van der Waals surface area contributed by atoms with E-state index in [4.69, 9.17) is 4.74 Å². The Balaban J connectivity index is 1.24. The van der Waals surface area contributed by atoms with E-state index in [9.17, 15) is 19.1 Å². The first kappa shape index (κ1) is 26.2. The van der Waals surface area contributed by atoms with Crippen LogP contribution in [0.2, 0.25) is 0 Å². The molecule has 6 rings (SSSR count). The molecule has 1 aliphatic rings. The molecule has 1 fully saturated rings. The minimum Gasteiger partial charge on any atom is -0.454 e. The van der Waals surface area contributed by atoms with Crippen LogP contribution in [-0.2, 0) is 4.79 Å². The van der Waals surface area contributed by atoms with E-state index in [2.05, 4.69) is 20.5 Å². The number of aromatic nitrogens is 3. The van der Waals surface area contributed by atoms with Crippen molar-refractivity contribution in [2.45, 2.75) is 19.8 Å². The van der Waals surface area contributed by atoms with E-state index in [0.717, 1.165) is 4.90 Å². The third-order valence-corrected chi connectivity index (χ3v) is 7.18. The molecule has 2 heterocycles. The zero-order valence-corrected chi connectivity index (χ0v) is 21.9. The van der Waals surface area contributed by atoms with Gasteiger partial charge >= 0.3 is 0 Å². The van der Waals surface area contributed by atoms with Gasteiger partial charge < -0.3 is 20.1 Å². The molecule has 0 aliphatic heterocycles. The number of H-pyrrole nitrogens is 2. The fourth-order valence-corrected chi connectivity index (χ4v) is 4.58. The number of hydrogen-bond donors (Lipinski definition) is 4. The van der Waals surface area contributed by atoms with Gasteiger partial charge in [0.05, 0.1) is 23.1 Å². The first-order chi connectivity index (χ1) is 19.8. The molecule has 41 heavy (non-hydrogen) atoms. The highest BCUT2D eigenvalue weighted by Crippen LogP contribution is 2.47. The van der Waals surface area contributed by atoms with Gasteiger partial charge in [-0.05, 0) is 55.3 Å². The molecule has 1 amide bonds. The number of carbonyl (C=O) groups excluding carboxylic acids is 2. The number of ether oxygens (including phenoxy) is 1. The Kier molecular flexibility index (Phi) is 6.50. The number of nitrogens with zero attached hydrogens (tertiary/aromatic N) is 2. The monoisotopic (exact) mass is 557 g/mol. The summed E-state index contributed by atoms with van der Waals surface area (Å²) in [5, 5.41) is 20.1. The van der Waals surface area contributed by atoms with Crippen LogP contribution in [0.25, 0.3) is 10.9 Å². The molecule has 1 aliphatic carbocycles. The number of aliphatic hydroxyl groups excluding tert-OH is 1. The molecule has 11 heteroatoms. The van der Waals surface area contributed by atoms with Gasteiger partial charge in [-0.15, -0.1) is 0 Å². The first-order valence-corrected chi connectivity index (χ1v) is 12.9. The lowest BCUT2D eigenvalue weighted by atomic mass is 10.1. The highest BCUT2D eigenvalue weighted by atomic mass is 19.1. The van der Waals surface area contributed by atoms with E-state index in [0.29, 0.717) is 41.0 Å². The molecule has 2 aromatic heterocycles. The van der Waals surface area contributed by atoms with Crippen molar-refractivity contribution in [3.63, 3.8) is 0 Å². The normalized spacial score (nSPS) is 13.7. The van der Waals surface area contributed by atoms with Crippen LogP contribution in [0.15, 0.2) is 72.9 Å². The molecule has 0 saturated heterocycles. The number of nitrogens with one attached hydrogen (secondary N) is 3. The summed E-state index contributed by atoms with van der Waals surface area (Å²) >= 11 is 0. The van der Waals surface area contributed by atoms with E-state index >= 15 is 4.39 Å². The molecule has 208 valence electrons. The third-order valence-electron chi connectivity index (χ3n) is 7.18. The topological polar surface area (TPSA) is 123 Å². The van der Waals surface area contributed by atoms with E-state index in [1.807, 2.05) is 0 Å². The number of benzene rings is 3. The maximum atomic E-state index is 15.0. The molecule has 9 nitrogen and oxygen atoms in total. The lowest BCUT2D eigenvalue weighted by Gasteiger charge is -2.24. The van der Waals surface area contributed by atoms with Crippen molar-refractivity contribution >= 4 is 39.8 Å². The molecule has 0 bridgehead atoms. The van der Waals surface area contributed by atoms with E-state index < -0.39 is 29.6 Å². The molecule has 0 radical (unpaired) electrons. The van der Waals surface area contributed by atoms with Crippen molar-refractivity contribution in [3.8, 4) is 11.5 Å². The van der Waals surface area contributed by atoms with Crippen LogP contribution in [0.4, 0.5) is 26.0 Å². The fraction of sp³-hybridized carbons (Fsp3) is 0.167. The predicted molar refractivity (Wildman–Crippen MR) is 148 cm³/mol. The maximum absolute atomic E-state index is 15.0. The van der Waals surface area contributed by atoms with Crippen molar-refractivity contribution in [2.75, 3.05) is 16.9 Å². The van der Waals surface area contributed by atoms with Crippen LogP contribution in [0.1, 0.15) is 35.8 Å². The van der Waals surface area contributed by atoms with Gasteiger partial charge in [-0.3, -0.25) is 19.6 Å². The second kappa shape index (κ2) is 10.2. The lowest BCUT2D eigenvalue weighted by Crippen LogP contribution is -2.37. The number of halogens is 2. The predicted octanol–water partition coefficient (Wildman–Crippen LogP) is 6.02. The Labute approximate surface area is 232 Å². The Bertz CT molecular complexity index is 1790. The van der Waals surface area contributed by atoms with Crippen LogP contribution >= 0.6 is 0 Å². The van der Waals surface area contributed by atoms with Crippen LogP contribution < -0.4 is 15.0 Å². The van der Waals surface area contributed by atoms with Gasteiger partial charge in [-0.2, -0.15) is 5.10 Å². The summed E-state index contributed by atoms with van der Waals surface area (Å²) in [7, 11) is 0. The molecule has 0 atom stereocenters. The summed E-state index contributed by atoms with van der Waals surface area (Å²) in [5.74, 6) is -1.19. The number of anilines is 3.